The van der Waals surface area contributed by atoms with Gasteiger partial charge in [-0.05, 0) is 31.4 Å². The Morgan fingerprint density at radius 3 is 2.54 bits per heavy atom. The predicted molar refractivity (Wildman–Crippen MR) is 98.7 cm³/mol. The van der Waals surface area contributed by atoms with Crippen molar-refractivity contribution in [3.8, 4) is 0 Å². The van der Waals surface area contributed by atoms with Gasteiger partial charge in [0, 0.05) is 29.0 Å². The quantitative estimate of drug-likeness (QED) is 0.551. The highest BCUT2D eigenvalue weighted by Gasteiger charge is 2.64. The largest absolute Gasteiger partial charge is 0.301 e. The number of nitrogens with zero attached hydrogens (tertiary/aromatic N) is 1. The molecular formula is C23H26N+. The Kier molecular flexibility index (Phi) is 2.91. The lowest BCUT2D eigenvalue weighted by Crippen LogP contribution is -2.62. The number of fused-ring (bicyclic) bond motifs is 7. The first-order valence-corrected chi connectivity index (χ1v) is 9.36. The van der Waals surface area contributed by atoms with Crippen molar-refractivity contribution in [3.05, 3.63) is 83.4 Å². The van der Waals surface area contributed by atoms with Gasteiger partial charge in [0.1, 0.15) is 11.6 Å². The molecule has 2 aromatic carbocycles. The third-order valence-corrected chi connectivity index (χ3v) is 7.02. The minimum atomic E-state index is 0.0624. The smallest absolute Gasteiger partial charge is 0.149 e. The highest BCUT2D eigenvalue weighted by molar-refractivity contribution is 5.51. The summed E-state index contributed by atoms with van der Waals surface area (Å²) in [5, 5.41) is 0. The molecule has 0 radical (unpaired) electrons. The van der Waals surface area contributed by atoms with E-state index in [9.17, 15) is 0 Å². The molecule has 0 aromatic heterocycles. The third kappa shape index (κ3) is 1.64. The highest BCUT2D eigenvalue weighted by Crippen LogP contribution is 2.61. The van der Waals surface area contributed by atoms with Gasteiger partial charge in [-0.25, -0.2) is 0 Å². The van der Waals surface area contributed by atoms with Crippen LogP contribution in [0.15, 0.2) is 61.2 Å². The number of rotatable bonds is 4. The van der Waals surface area contributed by atoms with Crippen molar-refractivity contribution in [1.82, 2.24) is 0 Å². The number of quaternary nitrogens is 1. The van der Waals surface area contributed by atoms with Crippen LogP contribution in [-0.2, 0) is 12.0 Å². The van der Waals surface area contributed by atoms with E-state index in [1.165, 1.54) is 25.8 Å². The van der Waals surface area contributed by atoms with Crippen molar-refractivity contribution >= 4 is 0 Å². The van der Waals surface area contributed by atoms with Crippen LogP contribution in [0.3, 0.4) is 0 Å². The number of hydrogen-bond acceptors (Lipinski definition) is 0. The molecule has 1 saturated carbocycles. The van der Waals surface area contributed by atoms with E-state index < -0.39 is 0 Å². The first kappa shape index (κ1) is 14.5. The van der Waals surface area contributed by atoms with E-state index >= 15 is 0 Å². The summed E-state index contributed by atoms with van der Waals surface area (Å²) in [6, 6.07) is 19.0. The van der Waals surface area contributed by atoms with Gasteiger partial charge in [-0.1, -0.05) is 55.1 Å². The van der Waals surface area contributed by atoms with Crippen molar-refractivity contribution in [2.45, 2.75) is 37.8 Å². The molecule has 1 heteroatoms. The Bertz CT molecular complexity index is 805. The second kappa shape index (κ2) is 4.83. The molecule has 0 spiro atoms. The molecule has 5 rings (SSSR count). The summed E-state index contributed by atoms with van der Waals surface area (Å²) < 4.78 is 1.16. The Morgan fingerprint density at radius 2 is 1.79 bits per heavy atom. The van der Waals surface area contributed by atoms with Gasteiger partial charge in [0.15, 0.2) is 0 Å². The van der Waals surface area contributed by atoms with E-state index in [2.05, 4.69) is 68.1 Å². The Labute approximate surface area is 145 Å². The first-order valence-electron chi connectivity index (χ1n) is 9.36. The fraction of sp³-hybridized carbons (Fsp3) is 0.391. The van der Waals surface area contributed by atoms with Crippen LogP contribution < -0.4 is 0 Å². The molecule has 3 aliphatic rings. The van der Waals surface area contributed by atoms with E-state index in [4.69, 9.17) is 0 Å². The molecule has 122 valence electrons. The van der Waals surface area contributed by atoms with Crippen molar-refractivity contribution < 1.29 is 4.48 Å². The summed E-state index contributed by atoms with van der Waals surface area (Å²) in [7, 11) is 0. The summed E-state index contributed by atoms with van der Waals surface area (Å²) in [5.41, 5.74) is 6.30. The molecule has 1 nitrogen and oxygen atoms in total. The third-order valence-electron chi connectivity index (χ3n) is 7.02. The maximum atomic E-state index is 4.16. The molecule has 1 aliphatic carbocycles. The molecule has 0 saturated heterocycles. The SMILES string of the molecule is C=CC[N@@+]1(CC2CC2)[C@@H]2Cc3ccccc3[C@@]1(C)c1ccccc12. The lowest BCUT2D eigenvalue weighted by atomic mass is 9.78. The number of hydrogen-bond donors (Lipinski definition) is 0. The zero-order valence-corrected chi connectivity index (χ0v) is 14.5. The monoisotopic (exact) mass is 316 g/mol. The standard InChI is InChI=1S/C23H26N/c1-3-14-24(16-17-12-13-17)22-15-18-8-4-6-10-20(18)23(24,2)21-11-7-5-9-19(21)22/h3-11,17,22H,1,12-16H2,2H3/q+1/t22-,23+,24-/m1/s1. The van der Waals surface area contributed by atoms with Crippen LogP contribution in [0.4, 0.5) is 0 Å². The van der Waals surface area contributed by atoms with Crippen LogP contribution in [0.1, 0.15) is 48.1 Å². The van der Waals surface area contributed by atoms with Crippen LogP contribution in [0.5, 0.6) is 0 Å². The summed E-state index contributed by atoms with van der Waals surface area (Å²) in [5.74, 6) is 0.909. The first-order chi connectivity index (χ1) is 11.7. The number of benzene rings is 2. The second-order valence-electron chi connectivity index (χ2n) is 8.17. The van der Waals surface area contributed by atoms with Gasteiger partial charge in [0.05, 0.1) is 13.1 Å². The molecule has 0 N–H and O–H groups in total. The van der Waals surface area contributed by atoms with Gasteiger partial charge in [-0.15, -0.1) is 0 Å². The predicted octanol–water partition coefficient (Wildman–Crippen LogP) is 4.97. The summed E-state index contributed by atoms with van der Waals surface area (Å²) in [4.78, 5) is 0. The highest BCUT2D eigenvalue weighted by atomic mass is 15.5. The molecule has 2 heterocycles. The molecule has 24 heavy (non-hydrogen) atoms. The van der Waals surface area contributed by atoms with Gasteiger partial charge in [-0.3, -0.25) is 0 Å². The second-order valence-corrected chi connectivity index (χ2v) is 8.17. The van der Waals surface area contributed by atoms with Crippen LogP contribution in [0.2, 0.25) is 0 Å². The minimum absolute atomic E-state index is 0.0624. The maximum Gasteiger partial charge on any atom is 0.149 e. The molecular weight excluding hydrogens is 290 g/mol. The van der Waals surface area contributed by atoms with Crippen LogP contribution >= 0.6 is 0 Å². The van der Waals surface area contributed by atoms with Crippen molar-refractivity contribution in [2.75, 3.05) is 13.1 Å². The topological polar surface area (TPSA) is 0 Å². The van der Waals surface area contributed by atoms with E-state index in [-0.39, 0.29) is 5.54 Å². The lowest BCUT2D eigenvalue weighted by molar-refractivity contribution is -0.994. The van der Waals surface area contributed by atoms with Crippen LogP contribution in [0, 0.1) is 5.92 Å². The van der Waals surface area contributed by atoms with Crippen LogP contribution in [0.25, 0.3) is 0 Å². The Hall–Kier alpha value is -1.86. The Morgan fingerprint density at radius 1 is 1.08 bits per heavy atom. The molecule has 1 fully saturated rings. The fourth-order valence-electron chi connectivity index (χ4n) is 5.79. The summed E-state index contributed by atoms with van der Waals surface area (Å²) >= 11 is 0. The van der Waals surface area contributed by atoms with Crippen LogP contribution in [-0.4, -0.2) is 17.6 Å². The summed E-state index contributed by atoms with van der Waals surface area (Å²) in [6.45, 7) is 9.04. The average molecular weight is 316 g/mol. The van der Waals surface area contributed by atoms with Gasteiger partial charge < -0.3 is 4.48 Å². The van der Waals surface area contributed by atoms with Crippen molar-refractivity contribution in [3.63, 3.8) is 0 Å². The zero-order valence-electron chi connectivity index (χ0n) is 14.5. The summed E-state index contributed by atoms with van der Waals surface area (Å²) in [6.07, 6.45) is 6.17. The lowest BCUT2D eigenvalue weighted by Gasteiger charge is -2.54. The minimum Gasteiger partial charge on any atom is -0.301 e. The Balaban J connectivity index is 1.82. The zero-order chi connectivity index (χ0) is 16.4. The van der Waals surface area contributed by atoms with Gasteiger partial charge in [-0.2, -0.15) is 0 Å². The van der Waals surface area contributed by atoms with Crippen molar-refractivity contribution in [1.29, 1.82) is 0 Å². The molecule has 3 atom stereocenters. The molecule has 2 bridgehead atoms. The van der Waals surface area contributed by atoms with Gasteiger partial charge in [0.25, 0.3) is 0 Å². The van der Waals surface area contributed by atoms with Gasteiger partial charge >= 0.3 is 0 Å². The molecule has 2 aromatic rings. The van der Waals surface area contributed by atoms with Gasteiger partial charge in [0.2, 0.25) is 0 Å². The normalized spacial score (nSPS) is 33.0. The molecule has 2 aliphatic heterocycles. The van der Waals surface area contributed by atoms with E-state index in [1.54, 1.807) is 22.3 Å². The van der Waals surface area contributed by atoms with E-state index in [0.29, 0.717) is 6.04 Å². The fourth-order valence-corrected chi connectivity index (χ4v) is 5.79. The average Bonchev–Trinajstić information content (AvgIpc) is 3.40. The molecule has 0 amide bonds. The maximum absolute atomic E-state index is 4.16. The van der Waals surface area contributed by atoms with E-state index in [0.717, 1.165) is 16.9 Å². The van der Waals surface area contributed by atoms with Crippen molar-refractivity contribution in [2.24, 2.45) is 5.92 Å². The molecule has 0 unspecified atom stereocenters. The van der Waals surface area contributed by atoms with E-state index in [1.807, 2.05) is 0 Å².